The Hall–Kier alpha value is -0.120. The fraction of sp³-hybridized carbons (Fsp3) is 1.00. The molecule has 12 heavy (non-hydrogen) atoms. The Labute approximate surface area is 74.9 Å². The molecule has 3 nitrogen and oxygen atoms in total. The first-order chi connectivity index (χ1) is 5.66. The molecule has 0 aromatic carbocycles. The summed E-state index contributed by atoms with van der Waals surface area (Å²) in [6.45, 7) is 9.38. The smallest absolute Gasteiger partial charge is 0.188 e. The van der Waals surface area contributed by atoms with Crippen molar-refractivity contribution in [2.75, 3.05) is 13.2 Å². The second-order valence-corrected chi connectivity index (χ2v) is 3.21. The van der Waals surface area contributed by atoms with E-state index in [2.05, 4.69) is 13.8 Å². The lowest BCUT2D eigenvalue weighted by atomic mass is 10.2. The second-order valence-electron chi connectivity index (χ2n) is 3.21. The SMILES string of the molecule is CCCOOC(C)OCC(C)C. The van der Waals surface area contributed by atoms with Gasteiger partial charge in [-0.25, -0.2) is 9.78 Å². The van der Waals surface area contributed by atoms with Gasteiger partial charge >= 0.3 is 0 Å². The summed E-state index contributed by atoms with van der Waals surface area (Å²) in [5.74, 6) is 0.530. The van der Waals surface area contributed by atoms with Crippen molar-refractivity contribution in [3.8, 4) is 0 Å². The van der Waals surface area contributed by atoms with Gasteiger partial charge in [-0.15, -0.1) is 0 Å². The zero-order chi connectivity index (χ0) is 9.40. The van der Waals surface area contributed by atoms with Crippen LogP contribution in [-0.2, 0) is 14.5 Å². The maximum absolute atomic E-state index is 5.30. The molecule has 74 valence electrons. The van der Waals surface area contributed by atoms with E-state index in [1.54, 1.807) is 0 Å². The number of hydrogen-bond acceptors (Lipinski definition) is 3. The second kappa shape index (κ2) is 7.53. The van der Waals surface area contributed by atoms with E-state index in [-0.39, 0.29) is 6.29 Å². The molecule has 0 aliphatic rings. The van der Waals surface area contributed by atoms with Crippen LogP contribution in [0.15, 0.2) is 0 Å². The molecule has 0 aromatic heterocycles. The van der Waals surface area contributed by atoms with Crippen LogP contribution in [0.4, 0.5) is 0 Å². The third-order valence-electron chi connectivity index (χ3n) is 1.16. The monoisotopic (exact) mass is 176 g/mol. The molecule has 3 heteroatoms. The fourth-order valence-electron chi connectivity index (χ4n) is 0.583. The molecular weight excluding hydrogens is 156 g/mol. The van der Waals surface area contributed by atoms with Crippen molar-refractivity contribution < 1.29 is 14.5 Å². The Morgan fingerprint density at radius 2 is 1.83 bits per heavy atom. The Kier molecular flexibility index (Phi) is 7.45. The summed E-state index contributed by atoms with van der Waals surface area (Å²) >= 11 is 0. The van der Waals surface area contributed by atoms with Crippen LogP contribution in [0.3, 0.4) is 0 Å². The zero-order valence-corrected chi connectivity index (χ0v) is 8.50. The molecule has 0 heterocycles. The summed E-state index contributed by atoms with van der Waals surface area (Å²) in [6, 6.07) is 0. The molecule has 0 aliphatic heterocycles. The molecule has 0 amide bonds. The van der Waals surface area contributed by atoms with Crippen LogP contribution in [0.2, 0.25) is 0 Å². The minimum Gasteiger partial charge on any atom is -0.350 e. The maximum Gasteiger partial charge on any atom is 0.188 e. The molecule has 0 saturated heterocycles. The average Bonchev–Trinajstić information content (AvgIpc) is 2.01. The summed E-state index contributed by atoms with van der Waals surface area (Å²) < 4.78 is 5.30. The number of ether oxygens (including phenoxy) is 1. The van der Waals surface area contributed by atoms with Gasteiger partial charge in [0.05, 0.1) is 13.2 Å². The first-order valence-corrected chi connectivity index (χ1v) is 4.56. The standard InChI is InChI=1S/C9H20O3/c1-5-6-11-12-9(4)10-7-8(2)3/h8-9H,5-7H2,1-4H3. The van der Waals surface area contributed by atoms with Crippen molar-refractivity contribution in [1.82, 2.24) is 0 Å². The number of rotatable bonds is 7. The van der Waals surface area contributed by atoms with Crippen LogP contribution < -0.4 is 0 Å². The third kappa shape index (κ3) is 7.98. The molecule has 0 bridgehead atoms. The lowest BCUT2D eigenvalue weighted by Crippen LogP contribution is -2.16. The van der Waals surface area contributed by atoms with Crippen molar-refractivity contribution in [2.24, 2.45) is 5.92 Å². The fourth-order valence-corrected chi connectivity index (χ4v) is 0.583. The highest BCUT2D eigenvalue weighted by Gasteiger charge is 2.03. The molecule has 0 aliphatic carbocycles. The van der Waals surface area contributed by atoms with Gasteiger partial charge in [-0.2, -0.15) is 0 Å². The molecule has 0 radical (unpaired) electrons. The normalized spacial score (nSPS) is 13.8. The first kappa shape index (κ1) is 11.9. The predicted octanol–water partition coefficient (Wildman–Crippen LogP) is 2.36. The summed E-state index contributed by atoms with van der Waals surface area (Å²) in [4.78, 5) is 9.76. The molecule has 0 aromatic rings. The average molecular weight is 176 g/mol. The van der Waals surface area contributed by atoms with Crippen molar-refractivity contribution in [1.29, 1.82) is 0 Å². The van der Waals surface area contributed by atoms with Crippen molar-refractivity contribution in [2.45, 2.75) is 40.4 Å². The van der Waals surface area contributed by atoms with E-state index in [0.29, 0.717) is 19.1 Å². The van der Waals surface area contributed by atoms with Gasteiger partial charge in [0.1, 0.15) is 0 Å². The minimum atomic E-state index is -0.265. The lowest BCUT2D eigenvalue weighted by molar-refractivity contribution is -0.374. The highest BCUT2D eigenvalue weighted by Crippen LogP contribution is 1.99. The Balaban J connectivity index is 3.15. The Morgan fingerprint density at radius 1 is 1.17 bits per heavy atom. The molecule has 0 spiro atoms. The highest BCUT2D eigenvalue weighted by molar-refractivity contribution is 4.39. The first-order valence-electron chi connectivity index (χ1n) is 4.56. The van der Waals surface area contributed by atoms with E-state index >= 15 is 0 Å². The molecule has 0 rings (SSSR count). The van der Waals surface area contributed by atoms with Crippen molar-refractivity contribution >= 4 is 0 Å². The molecule has 0 fully saturated rings. The van der Waals surface area contributed by atoms with Crippen molar-refractivity contribution in [3.63, 3.8) is 0 Å². The van der Waals surface area contributed by atoms with E-state index in [9.17, 15) is 0 Å². The lowest BCUT2D eigenvalue weighted by Gasteiger charge is -2.13. The van der Waals surface area contributed by atoms with Gasteiger partial charge in [0.25, 0.3) is 0 Å². The summed E-state index contributed by atoms with van der Waals surface area (Å²) in [5.41, 5.74) is 0. The van der Waals surface area contributed by atoms with E-state index in [4.69, 9.17) is 14.5 Å². The predicted molar refractivity (Wildman–Crippen MR) is 47.6 cm³/mol. The van der Waals surface area contributed by atoms with Gasteiger partial charge in [-0.3, -0.25) is 0 Å². The summed E-state index contributed by atoms with van der Waals surface area (Å²) in [7, 11) is 0. The molecule has 1 atom stereocenters. The Bertz CT molecular complexity index is 93.8. The third-order valence-corrected chi connectivity index (χ3v) is 1.16. The van der Waals surface area contributed by atoms with Gasteiger partial charge in [-0.1, -0.05) is 20.8 Å². The summed E-state index contributed by atoms with van der Waals surface area (Å²) in [6.07, 6.45) is 0.690. The van der Waals surface area contributed by atoms with Crippen LogP contribution in [0.5, 0.6) is 0 Å². The van der Waals surface area contributed by atoms with E-state index in [0.717, 1.165) is 6.42 Å². The van der Waals surface area contributed by atoms with Crippen molar-refractivity contribution in [3.05, 3.63) is 0 Å². The van der Waals surface area contributed by atoms with Crippen LogP contribution in [0.1, 0.15) is 34.1 Å². The van der Waals surface area contributed by atoms with E-state index in [1.807, 2.05) is 13.8 Å². The minimum absolute atomic E-state index is 0.265. The van der Waals surface area contributed by atoms with Crippen LogP contribution in [-0.4, -0.2) is 19.5 Å². The molecule has 1 unspecified atom stereocenters. The van der Waals surface area contributed by atoms with E-state index in [1.165, 1.54) is 0 Å². The zero-order valence-electron chi connectivity index (χ0n) is 8.50. The van der Waals surface area contributed by atoms with Gasteiger partial charge < -0.3 is 4.74 Å². The largest absolute Gasteiger partial charge is 0.350 e. The van der Waals surface area contributed by atoms with E-state index < -0.39 is 0 Å². The molecular formula is C9H20O3. The van der Waals surface area contributed by atoms with Gasteiger partial charge in [-0.05, 0) is 19.3 Å². The van der Waals surface area contributed by atoms with Crippen LogP contribution in [0, 0.1) is 5.92 Å². The maximum atomic E-state index is 5.30. The summed E-state index contributed by atoms with van der Waals surface area (Å²) in [5, 5.41) is 0. The topological polar surface area (TPSA) is 27.7 Å². The quantitative estimate of drug-likeness (QED) is 0.258. The van der Waals surface area contributed by atoms with Crippen LogP contribution >= 0.6 is 0 Å². The van der Waals surface area contributed by atoms with Gasteiger partial charge in [0, 0.05) is 0 Å². The van der Waals surface area contributed by atoms with Gasteiger partial charge in [0.15, 0.2) is 6.29 Å². The Morgan fingerprint density at radius 3 is 2.33 bits per heavy atom. The highest BCUT2D eigenvalue weighted by atomic mass is 17.2. The molecule has 0 N–H and O–H groups in total. The number of hydrogen-bond donors (Lipinski definition) is 0. The van der Waals surface area contributed by atoms with Crippen LogP contribution in [0.25, 0.3) is 0 Å². The van der Waals surface area contributed by atoms with Gasteiger partial charge in [0.2, 0.25) is 0 Å². The molecule has 0 saturated carbocycles.